The van der Waals surface area contributed by atoms with Crippen LogP contribution in [0.15, 0.2) is 0 Å². The average Bonchev–Trinajstić information content (AvgIpc) is 3.14. The quantitative estimate of drug-likeness (QED) is 0.785. The fraction of sp³-hybridized carbons (Fsp3) is 1.00. The predicted molar refractivity (Wildman–Crippen MR) is 70.9 cm³/mol. The van der Waals surface area contributed by atoms with Gasteiger partial charge in [0, 0.05) is 6.42 Å². The first-order valence-corrected chi connectivity index (χ1v) is 7.90. The maximum absolute atomic E-state index is 6.04. The maximum atomic E-state index is 6.04. The number of hydrogen-bond donors (Lipinski definition) is 1. The molecular weight excluding hydrogens is 242 g/mol. The van der Waals surface area contributed by atoms with Crippen molar-refractivity contribution in [1.29, 1.82) is 0 Å². The minimum atomic E-state index is -0.380. The number of hydrogen-bond acceptors (Lipinski definition) is 4. The zero-order valence-corrected chi connectivity index (χ0v) is 11.7. The minimum Gasteiger partial charge on any atom is -0.372 e. The summed E-state index contributed by atoms with van der Waals surface area (Å²) in [5.74, 6) is 0.347. The maximum Gasteiger partial charge on any atom is 0.194 e. The molecule has 108 valence electrons. The molecule has 0 aromatic carbocycles. The zero-order chi connectivity index (χ0) is 12.8. The highest BCUT2D eigenvalue weighted by Gasteiger charge is 2.50. The van der Waals surface area contributed by atoms with E-state index in [2.05, 4.69) is 5.32 Å². The summed E-state index contributed by atoms with van der Waals surface area (Å²) in [6, 6.07) is 0. The van der Waals surface area contributed by atoms with Crippen LogP contribution < -0.4 is 5.32 Å². The Labute approximate surface area is 115 Å². The van der Waals surface area contributed by atoms with Crippen molar-refractivity contribution >= 4 is 0 Å². The Kier molecular flexibility index (Phi) is 3.10. The molecule has 0 bridgehead atoms. The zero-order valence-electron chi connectivity index (χ0n) is 11.7. The Bertz CT molecular complexity index is 334. The van der Waals surface area contributed by atoms with Crippen molar-refractivity contribution < 1.29 is 14.2 Å². The van der Waals surface area contributed by atoms with Crippen LogP contribution in [0.3, 0.4) is 0 Å². The smallest absolute Gasteiger partial charge is 0.194 e. The highest BCUT2D eigenvalue weighted by Crippen LogP contribution is 2.51. The molecule has 19 heavy (non-hydrogen) atoms. The lowest BCUT2D eigenvalue weighted by Gasteiger charge is -2.34. The van der Waals surface area contributed by atoms with E-state index in [1.165, 1.54) is 45.2 Å². The molecule has 4 fully saturated rings. The summed E-state index contributed by atoms with van der Waals surface area (Å²) >= 11 is 0. The van der Waals surface area contributed by atoms with Gasteiger partial charge in [0.1, 0.15) is 6.61 Å². The molecule has 4 heteroatoms. The Balaban J connectivity index is 1.39. The standard InChI is InChI=1S/C15H25NO3/c1-2-14(3-5-16-6-4-14)9-12(1)13-10-15(11-17-13)18-7-8-19-15/h12-13,16H,1-11H2. The van der Waals surface area contributed by atoms with Crippen LogP contribution in [0, 0.1) is 11.3 Å². The Morgan fingerprint density at radius 1 is 0.947 bits per heavy atom. The average molecular weight is 267 g/mol. The highest BCUT2D eigenvalue weighted by atomic mass is 16.8. The van der Waals surface area contributed by atoms with Crippen molar-refractivity contribution in [2.24, 2.45) is 11.3 Å². The molecule has 4 nitrogen and oxygen atoms in total. The molecule has 2 spiro atoms. The molecule has 1 aliphatic carbocycles. The van der Waals surface area contributed by atoms with Crippen LogP contribution in [0.2, 0.25) is 0 Å². The lowest BCUT2D eigenvalue weighted by molar-refractivity contribution is -0.153. The monoisotopic (exact) mass is 267 g/mol. The van der Waals surface area contributed by atoms with Crippen molar-refractivity contribution in [1.82, 2.24) is 5.32 Å². The fourth-order valence-electron chi connectivity index (χ4n) is 4.64. The third-order valence-corrected chi connectivity index (χ3v) is 5.77. The summed E-state index contributed by atoms with van der Waals surface area (Å²) in [4.78, 5) is 0. The van der Waals surface area contributed by atoms with E-state index >= 15 is 0 Å². The number of rotatable bonds is 1. The summed E-state index contributed by atoms with van der Waals surface area (Å²) < 4.78 is 17.6. The molecule has 0 aromatic rings. The van der Waals surface area contributed by atoms with Gasteiger partial charge in [-0.15, -0.1) is 0 Å². The number of nitrogens with one attached hydrogen (secondary N) is 1. The van der Waals surface area contributed by atoms with E-state index in [9.17, 15) is 0 Å². The van der Waals surface area contributed by atoms with Crippen LogP contribution in [0.4, 0.5) is 0 Å². The molecule has 2 atom stereocenters. The van der Waals surface area contributed by atoms with E-state index in [-0.39, 0.29) is 5.79 Å². The number of piperidine rings is 1. The second-order valence-corrected chi connectivity index (χ2v) is 6.91. The van der Waals surface area contributed by atoms with Crippen molar-refractivity contribution in [2.45, 2.75) is 50.4 Å². The molecule has 3 heterocycles. The van der Waals surface area contributed by atoms with Gasteiger partial charge in [-0.2, -0.15) is 0 Å². The molecule has 1 N–H and O–H groups in total. The van der Waals surface area contributed by atoms with E-state index in [0.717, 1.165) is 25.6 Å². The van der Waals surface area contributed by atoms with Gasteiger partial charge in [0.25, 0.3) is 0 Å². The van der Waals surface area contributed by atoms with Crippen LogP contribution in [0.5, 0.6) is 0 Å². The molecule has 0 radical (unpaired) electrons. The van der Waals surface area contributed by atoms with Gasteiger partial charge < -0.3 is 19.5 Å². The molecule has 3 saturated heterocycles. The third kappa shape index (κ3) is 2.23. The molecule has 0 amide bonds. The van der Waals surface area contributed by atoms with Crippen LogP contribution in [0.25, 0.3) is 0 Å². The van der Waals surface area contributed by atoms with Gasteiger partial charge in [0.05, 0.1) is 19.3 Å². The van der Waals surface area contributed by atoms with Crippen molar-refractivity contribution in [3.05, 3.63) is 0 Å². The lowest BCUT2D eigenvalue weighted by atomic mass is 9.76. The summed E-state index contributed by atoms with van der Waals surface area (Å²) in [6.45, 7) is 4.51. The van der Waals surface area contributed by atoms with E-state index < -0.39 is 0 Å². The Hall–Kier alpha value is -0.160. The van der Waals surface area contributed by atoms with Gasteiger partial charge in [-0.3, -0.25) is 0 Å². The summed E-state index contributed by atoms with van der Waals surface area (Å²) in [7, 11) is 0. The van der Waals surface area contributed by atoms with Crippen LogP contribution in [-0.2, 0) is 14.2 Å². The highest BCUT2D eigenvalue weighted by molar-refractivity contribution is 4.97. The predicted octanol–water partition coefficient (Wildman–Crippen LogP) is 1.69. The van der Waals surface area contributed by atoms with Gasteiger partial charge in [-0.25, -0.2) is 0 Å². The Morgan fingerprint density at radius 2 is 1.74 bits per heavy atom. The van der Waals surface area contributed by atoms with Gasteiger partial charge in [0.15, 0.2) is 5.79 Å². The number of ether oxygens (including phenoxy) is 3. The first-order chi connectivity index (χ1) is 9.29. The van der Waals surface area contributed by atoms with Gasteiger partial charge >= 0.3 is 0 Å². The minimum absolute atomic E-state index is 0.368. The second kappa shape index (κ2) is 4.69. The van der Waals surface area contributed by atoms with Crippen molar-refractivity contribution in [3.63, 3.8) is 0 Å². The first-order valence-electron chi connectivity index (χ1n) is 7.90. The largest absolute Gasteiger partial charge is 0.372 e. The van der Waals surface area contributed by atoms with Crippen molar-refractivity contribution in [3.8, 4) is 0 Å². The van der Waals surface area contributed by atoms with E-state index in [0.29, 0.717) is 18.1 Å². The van der Waals surface area contributed by atoms with Crippen molar-refractivity contribution in [2.75, 3.05) is 32.9 Å². The lowest BCUT2D eigenvalue weighted by Crippen LogP contribution is -2.35. The summed E-state index contributed by atoms with van der Waals surface area (Å²) in [5.41, 5.74) is 0.617. The topological polar surface area (TPSA) is 39.7 Å². The molecule has 3 aliphatic heterocycles. The fourth-order valence-corrected chi connectivity index (χ4v) is 4.64. The summed E-state index contributed by atoms with van der Waals surface area (Å²) in [5, 5.41) is 3.49. The molecule has 0 aromatic heterocycles. The van der Waals surface area contributed by atoms with Gasteiger partial charge in [-0.1, -0.05) is 0 Å². The van der Waals surface area contributed by atoms with E-state index in [4.69, 9.17) is 14.2 Å². The Morgan fingerprint density at radius 3 is 2.53 bits per heavy atom. The summed E-state index contributed by atoms with van der Waals surface area (Å²) in [6.07, 6.45) is 8.12. The van der Waals surface area contributed by atoms with E-state index in [1.807, 2.05) is 0 Å². The SMILES string of the molecule is C1CC2(CCN1)CCC(C1CC3(CO1)OCCO3)C2. The van der Waals surface area contributed by atoms with E-state index in [1.54, 1.807) is 0 Å². The first kappa shape index (κ1) is 12.6. The normalized spacial score (nSPS) is 40.4. The molecular formula is C15H25NO3. The van der Waals surface area contributed by atoms with Crippen LogP contribution in [-0.4, -0.2) is 44.8 Å². The molecule has 4 rings (SSSR count). The van der Waals surface area contributed by atoms with Gasteiger partial charge in [-0.05, 0) is 56.5 Å². The van der Waals surface area contributed by atoms with Gasteiger partial charge in [0.2, 0.25) is 0 Å². The molecule has 2 unspecified atom stereocenters. The van der Waals surface area contributed by atoms with Crippen LogP contribution in [0.1, 0.15) is 38.5 Å². The van der Waals surface area contributed by atoms with Crippen LogP contribution >= 0.6 is 0 Å². The molecule has 4 aliphatic rings. The second-order valence-electron chi connectivity index (χ2n) is 6.91. The molecule has 1 saturated carbocycles. The third-order valence-electron chi connectivity index (χ3n) is 5.77.